The highest BCUT2D eigenvalue weighted by molar-refractivity contribution is 6.30. The molecule has 0 unspecified atom stereocenters. The van der Waals surface area contributed by atoms with Gasteiger partial charge < -0.3 is 9.64 Å². The second kappa shape index (κ2) is 8.49. The molecule has 0 atom stereocenters. The third-order valence-electron chi connectivity index (χ3n) is 3.76. The van der Waals surface area contributed by atoms with Gasteiger partial charge in [0.25, 0.3) is 0 Å². The summed E-state index contributed by atoms with van der Waals surface area (Å²) in [4.78, 5) is 13.6. The van der Waals surface area contributed by atoms with Crippen LogP contribution in [0.15, 0.2) is 60.8 Å². The molecule has 0 aliphatic heterocycles. The third kappa shape index (κ3) is 5.07. The number of hydrogen-bond donors (Lipinski definition) is 0. The first-order chi connectivity index (χ1) is 12.6. The molecule has 134 valence electrons. The Morgan fingerprint density at radius 2 is 1.85 bits per heavy atom. The highest BCUT2D eigenvalue weighted by atomic mass is 35.5. The normalized spacial score (nSPS) is 10.5. The van der Waals surface area contributed by atoms with E-state index in [1.807, 2.05) is 54.6 Å². The van der Waals surface area contributed by atoms with Crippen LogP contribution in [0.1, 0.15) is 16.8 Å². The van der Waals surface area contributed by atoms with Gasteiger partial charge in [-0.3, -0.25) is 0 Å². The van der Waals surface area contributed by atoms with Gasteiger partial charge in [0.1, 0.15) is 12.3 Å². The first-order valence-electron chi connectivity index (χ1n) is 8.15. The highest BCUT2D eigenvalue weighted by Crippen LogP contribution is 2.11. The SMILES string of the molecule is CN(Cc1ccccc1)C(=O)OCc1cn(Cc2ccc(Cl)cc2)nn1. The fraction of sp³-hybridized carbons (Fsp3) is 0.211. The fourth-order valence-corrected chi connectivity index (χ4v) is 2.55. The van der Waals surface area contributed by atoms with E-state index < -0.39 is 6.09 Å². The maximum atomic E-state index is 12.1. The molecule has 0 N–H and O–H groups in total. The van der Waals surface area contributed by atoms with Crippen LogP contribution in [-0.4, -0.2) is 33.0 Å². The molecule has 0 bridgehead atoms. The van der Waals surface area contributed by atoms with Gasteiger partial charge in [0.05, 0.1) is 12.7 Å². The molecule has 1 amide bonds. The van der Waals surface area contributed by atoms with Gasteiger partial charge in [0, 0.05) is 18.6 Å². The molecular weight excluding hydrogens is 352 g/mol. The predicted octanol–water partition coefficient (Wildman–Crippen LogP) is 3.75. The van der Waals surface area contributed by atoms with Crippen molar-refractivity contribution in [2.24, 2.45) is 0 Å². The lowest BCUT2D eigenvalue weighted by Crippen LogP contribution is -2.26. The van der Waals surface area contributed by atoms with Crippen LogP contribution in [0.25, 0.3) is 0 Å². The van der Waals surface area contributed by atoms with Crippen LogP contribution < -0.4 is 0 Å². The molecule has 0 spiro atoms. The molecule has 1 aromatic heterocycles. The molecule has 0 aliphatic carbocycles. The minimum absolute atomic E-state index is 0.0819. The van der Waals surface area contributed by atoms with Gasteiger partial charge in [0.15, 0.2) is 0 Å². The molecule has 0 fully saturated rings. The van der Waals surface area contributed by atoms with Crippen molar-refractivity contribution >= 4 is 17.7 Å². The first-order valence-corrected chi connectivity index (χ1v) is 8.53. The summed E-state index contributed by atoms with van der Waals surface area (Å²) in [6.07, 6.45) is 1.36. The summed E-state index contributed by atoms with van der Waals surface area (Å²) in [5.41, 5.74) is 2.70. The van der Waals surface area contributed by atoms with Crippen LogP contribution >= 0.6 is 11.6 Å². The van der Waals surface area contributed by atoms with Gasteiger partial charge in [0.2, 0.25) is 0 Å². The molecule has 0 saturated heterocycles. The summed E-state index contributed by atoms with van der Waals surface area (Å²) < 4.78 is 6.99. The maximum Gasteiger partial charge on any atom is 0.410 e. The van der Waals surface area contributed by atoms with E-state index in [4.69, 9.17) is 16.3 Å². The summed E-state index contributed by atoms with van der Waals surface area (Å²) in [5, 5.41) is 8.78. The lowest BCUT2D eigenvalue weighted by atomic mass is 10.2. The van der Waals surface area contributed by atoms with Gasteiger partial charge in [-0.15, -0.1) is 5.10 Å². The molecule has 2 aromatic carbocycles. The van der Waals surface area contributed by atoms with Gasteiger partial charge >= 0.3 is 6.09 Å². The van der Waals surface area contributed by atoms with E-state index in [0.29, 0.717) is 23.8 Å². The Kier molecular flexibility index (Phi) is 5.86. The highest BCUT2D eigenvalue weighted by Gasteiger charge is 2.12. The van der Waals surface area contributed by atoms with E-state index in [1.165, 1.54) is 4.90 Å². The van der Waals surface area contributed by atoms with E-state index in [2.05, 4.69) is 10.3 Å². The number of aromatic nitrogens is 3. The van der Waals surface area contributed by atoms with Gasteiger partial charge in [-0.2, -0.15) is 0 Å². The van der Waals surface area contributed by atoms with Crippen LogP contribution in [0.4, 0.5) is 4.79 Å². The molecule has 0 saturated carbocycles. The minimum Gasteiger partial charge on any atom is -0.443 e. The number of nitrogens with zero attached hydrogens (tertiary/aromatic N) is 4. The molecule has 0 radical (unpaired) electrons. The zero-order valence-electron chi connectivity index (χ0n) is 14.4. The van der Waals surface area contributed by atoms with Crippen LogP contribution in [0.5, 0.6) is 0 Å². The van der Waals surface area contributed by atoms with E-state index in [9.17, 15) is 4.79 Å². The monoisotopic (exact) mass is 370 g/mol. The van der Waals surface area contributed by atoms with Crippen molar-refractivity contribution in [1.82, 2.24) is 19.9 Å². The first kappa shape index (κ1) is 17.9. The van der Waals surface area contributed by atoms with Crippen LogP contribution in [0, 0.1) is 0 Å². The summed E-state index contributed by atoms with van der Waals surface area (Å²) in [7, 11) is 1.70. The zero-order chi connectivity index (χ0) is 18.4. The summed E-state index contributed by atoms with van der Waals surface area (Å²) >= 11 is 5.88. The quantitative estimate of drug-likeness (QED) is 0.663. The number of carbonyl (C=O) groups is 1. The van der Waals surface area contributed by atoms with E-state index >= 15 is 0 Å². The van der Waals surface area contributed by atoms with E-state index in [1.54, 1.807) is 17.9 Å². The summed E-state index contributed by atoms with van der Waals surface area (Å²) in [6, 6.07) is 17.3. The molecule has 6 nitrogen and oxygen atoms in total. The largest absolute Gasteiger partial charge is 0.443 e. The smallest absolute Gasteiger partial charge is 0.410 e. The Morgan fingerprint density at radius 1 is 1.12 bits per heavy atom. The van der Waals surface area contributed by atoms with Crippen molar-refractivity contribution in [3.8, 4) is 0 Å². The van der Waals surface area contributed by atoms with Crippen molar-refractivity contribution in [2.75, 3.05) is 7.05 Å². The van der Waals surface area contributed by atoms with Crippen molar-refractivity contribution in [2.45, 2.75) is 19.7 Å². The van der Waals surface area contributed by atoms with Crippen molar-refractivity contribution in [3.05, 3.63) is 82.6 Å². The number of carbonyl (C=O) groups excluding carboxylic acids is 1. The number of ether oxygens (including phenoxy) is 1. The number of halogens is 1. The topological polar surface area (TPSA) is 60.2 Å². The van der Waals surface area contributed by atoms with Gasteiger partial charge in [-0.05, 0) is 23.3 Å². The molecular formula is C19H19ClN4O2. The third-order valence-corrected chi connectivity index (χ3v) is 4.01. The number of rotatable bonds is 6. The average Bonchev–Trinajstić information content (AvgIpc) is 3.10. The van der Waals surface area contributed by atoms with E-state index in [0.717, 1.165) is 11.1 Å². The standard InChI is InChI=1S/C19H19ClN4O2/c1-23(11-15-5-3-2-4-6-15)19(25)26-14-18-13-24(22-21-18)12-16-7-9-17(20)10-8-16/h2-10,13H,11-12,14H2,1H3. The molecule has 3 aromatic rings. The lowest BCUT2D eigenvalue weighted by Gasteiger charge is -2.16. The maximum absolute atomic E-state index is 12.1. The minimum atomic E-state index is -0.402. The van der Waals surface area contributed by atoms with E-state index in [-0.39, 0.29) is 6.61 Å². The Hall–Kier alpha value is -2.86. The number of benzene rings is 2. The molecule has 1 heterocycles. The molecule has 0 aliphatic rings. The second-order valence-electron chi connectivity index (χ2n) is 5.93. The van der Waals surface area contributed by atoms with Crippen LogP contribution in [-0.2, 0) is 24.4 Å². The van der Waals surface area contributed by atoms with Crippen molar-refractivity contribution in [1.29, 1.82) is 0 Å². The Morgan fingerprint density at radius 3 is 2.58 bits per heavy atom. The lowest BCUT2D eigenvalue weighted by molar-refractivity contribution is 0.101. The Balaban J connectivity index is 1.49. The van der Waals surface area contributed by atoms with Crippen molar-refractivity contribution < 1.29 is 9.53 Å². The second-order valence-corrected chi connectivity index (χ2v) is 6.37. The zero-order valence-corrected chi connectivity index (χ0v) is 15.1. The average molecular weight is 371 g/mol. The van der Waals surface area contributed by atoms with Crippen LogP contribution in [0.2, 0.25) is 5.02 Å². The number of hydrogen-bond acceptors (Lipinski definition) is 4. The molecule has 26 heavy (non-hydrogen) atoms. The van der Waals surface area contributed by atoms with Crippen LogP contribution in [0.3, 0.4) is 0 Å². The van der Waals surface area contributed by atoms with Gasteiger partial charge in [-0.1, -0.05) is 59.3 Å². The molecule has 3 rings (SSSR count). The van der Waals surface area contributed by atoms with Crippen molar-refractivity contribution in [3.63, 3.8) is 0 Å². The number of amides is 1. The predicted molar refractivity (Wildman–Crippen MR) is 98.7 cm³/mol. The molecule has 7 heteroatoms. The van der Waals surface area contributed by atoms with Gasteiger partial charge in [-0.25, -0.2) is 9.48 Å². The Labute approximate surface area is 157 Å². The summed E-state index contributed by atoms with van der Waals surface area (Å²) in [5.74, 6) is 0. The fourth-order valence-electron chi connectivity index (χ4n) is 2.43. The summed E-state index contributed by atoms with van der Waals surface area (Å²) in [6.45, 7) is 1.15. The Bertz CT molecular complexity index is 849.